The maximum Gasteiger partial charge on any atom is 0.277 e. The van der Waals surface area contributed by atoms with Crippen molar-refractivity contribution >= 4 is 45.6 Å². The molecule has 1 saturated heterocycles. The number of morpholine rings is 1. The Balaban J connectivity index is 1.64. The van der Waals surface area contributed by atoms with Gasteiger partial charge in [0.25, 0.3) is 5.91 Å². The van der Waals surface area contributed by atoms with E-state index in [1.54, 1.807) is 17.5 Å². The molecular formula is C27H29FN6O4S. The maximum atomic E-state index is 14.9. The minimum atomic E-state index is -0.653. The van der Waals surface area contributed by atoms with Crippen LogP contribution in [0.25, 0.3) is 22.2 Å². The summed E-state index contributed by atoms with van der Waals surface area (Å²) in [6.45, 7) is 7.27. The van der Waals surface area contributed by atoms with E-state index in [0.717, 1.165) is 16.7 Å². The summed E-state index contributed by atoms with van der Waals surface area (Å²) in [5, 5.41) is 2.48. The second-order valence-electron chi connectivity index (χ2n) is 8.75. The number of rotatable bonds is 9. The molecule has 1 amide bonds. The van der Waals surface area contributed by atoms with E-state index in [-0.39, 0.29) is 10.6 Å². The lowest BCUT2D eigenvalue weighted by Crippen LogP contribution is -2.37. The molecule has 0 bridgehead atoms. The van der Waals surface area contributed by atoms with E-state index >= 15 is 0 Å². The first-order chi connectivity index (χ1) is 18.9. The van der Waals surface area contributed by atoms with E-state index in [1.807, 2.05) is 37.9 Å². The van der Waals surface area contributed by atoms with E-state index in [0.29, 0.717) is 79.7 Å². The van der Waals surface area contributed by atoms with Crippen LogP contribution in [-0.4, -0.2) is 67.4 Å². The summed E-state index contributed by atoms with van der Waals surface area (Å²) in [5.41, 5.74) is 7.29. The number of halogens is 1. The molecule has 0 unspecified atom stereocenters. The molecule has 0 radical (unpaired) electrons. The SMILES string of the molecule is CCOc1cc2nc(N3CCOCC3)nc(N(C)c3ccc(F)c(-c4csc(C(N)=O)n4)c3)c2cc1OCC. The largest absolute Gasteiger partial charge is 0.490 e. The van der Waals surface area contributed by atoms with Crippen LogP contribution in [0.4, 0.5) is 21.8 Å². The molecule has 2 aromatic carbocycles. The molecule has 204 valence electrons. The number of hydrogen-bond donors (Lipinski definition) is 1. The molecule has 2 aromatic heterocycles. The van der Waals surface area contributed by atoms with E-state index in [1.165, 1.54) is 6.07 Å². The van der Waals surface area contributed by atoms with Crippen LogP contribution in [0.15, 0.2) is 35.7 Å². The zero-order valence-corrected chi connectivity index (χ0v) is 22.8. The lowest BCUT2D eigenvalue weighted by atomic mass is 10.1. The Labute approximate surface area is 229 Å². The predicted octanol–water partition coefficient (Wildman–Crippen LogP) is 4.39. The van der Waals surface area contributed by atoms with E-state index in [2.05, 4.69) is 9.88 Å². The number of thiazole rings is 1. The van der Waals surface area contributed by atoms with Gasteiger partial charge < -0.3 is 29.7 Å². The Hall–Kier alpha value is -4.03. The number of benzene rings is 2. The zero-order valence-electron chi connectivity index (χ0n) is 21.9. The Morgan fingerprint density at radius 2 is 1.82 bits per heavy atom. The first-order valence-corrected chi connectivity index (χ1v) is 13.5. The summed E-state index contributed by atoms with van der Waals surface area (Å²) >= 11 is 1.07. The molecule has 1 aliphatic heterocycles. The fourth-order valence-corrected chi connectivity index (χ4v) is 5.03. The number of amides is 1. The number of anilines is 3. The summed E-state index contributed by atoms with van der Waals surface area (Å²) < 4.78 is 32.2. The number of hydrogen-bond acceptors (Lipinski definition) is 10. The van der Waals surface area contributed by atoms with Crippen LogP contribution < -0.4 is 25.0 Å². The van der Waals surface area contributed by atoms with Crippen molar-refractivity contribution in [1.29, 1.82) is 0 Å². The van der Waals surface area contributed by atoms with Gasteiger partial charge in [-0.2, -0.15) is 4.98 Å². The zero-order chi connectivity index (χ0) is 27.5. The molecule has 1 fully saturated rings. The van der Waals surface area contributed by atoms with Crippen LogP contribution in [-0.2, 0) is 4.74 Å². The lowest BCUT2D eigenvalue weighted by molar-refractivity contribution is 0.1000. The Kier molecular flexibility index (Phi) is 7.75. The number of nitrogens with two attached hydrogens (primary N) is 1. The van der Waals surface area contributed by atoms with Gasteiger partial charge in [0, 0.05) is 48.2 Å². The van der Waals surface area contributed by atoms with Crippen molar-refractivity contribution < 1.29 is 23.4 Å². The van der Waals surface area contributed by atoms with E-state index in [9.17, 15) is 9.18 Å². The fraction of sp³-hybridized carbons (Fsp3) is 0.333. The van der Waals surface area contributed by atoms with Crippen LogP contribution in [0.2, 0.25) is 0 Å². The third kappa shape index (κ3) is 5.43. The Morgan fingerprint density at radius 3 is 2.49 bits per heavy atom. The molecule has 12 heteroatoms. The summed E-state index contributed by atoms with van der Waals surface area (Å²) in [6.07, 6.45) is 0. The molecular weight excluding hydrogens is 523 g/mol. The van der Waals surface area contributed by atoms with Gasteiger partial charge in [0.1, 0.15) is 11.6 Å². The maximum absolute atomic E-state index is 14.9. The molecule has 3 heterocycles. The molecule has 5 rings (SSSR count). The highest BCUT2D eigenvalue weighted by atomic mass is 32.1. The van der Waals surface area contributed by atoms with Crippen molar-refractivity contribution in [1.82, 2.24) is 15.0 Å². The minimum absolute atomic E-state index is 0.119. The summed E-state index contributed by atoms with van der Waals surface area (Å²) in [4.78, 5) is 29.5. The molecule has 0 aliphatic carbocycles. The fourth-order valence-electron chi connectivity index (χ4n) is 4.36. The van der Waals surface area contributed by atoms with Crippen molar-refractivity contribution in [3.8, 4) is 22.8 Å². The second-order valence-corrected chi connectivity index (χ2v) is 9.61. The van der Waals surface area contributed by atoms with Gasteiger partial charge in [0.2, 0.25) is 5.95 Å². The number of primary amides is 1. The van der Waals surface area contributed by atoms with Gasteiger partial charge in [-0.1, -0.05) is 0 Å². The quantitative estimate of drug-likeness (QED) is 0.323. The lowest BCUT2D eigenvalue weighted by Gasteiger charge is -2.29. The van der Waals surface area contributed by atoms with E-state index in [4.69, 9.17) is 29.9 Å². The van der Waals surface area contributed by atoms with Crippen LogP contribution in [0.3, 0.4) is 0 Å². The summed E-state index contributed by atoms with van der Waals surface area (Å²) in [7, 11) is 1.86. The Bertz CT molecular complexity index is 1510. The number of ether oxygens (including phenoxy) is 3. The van der Waals surface area contributed by atoms with Crippen LogP contribution in [0.1, 0.15) is 23.6 Å². The minimum Gasteiger partial charge on any atom is -0.490 e. The highest BCUT2D eigenvalue weighted by molar-refractivity contribution is 7.12. The van der Waals surface area contributed by atoms with Crippen molar-refractivity contribution in [2.75, 3.05) is 56.4 Å². The van der Waals surface area contributed by atoms with Gasteiger partial charge in [-0.05, 0) is 38.1 Å². The van der Waals surface area contributed by atoms with Crippen molar-refractivity contribution in [3.05, 3.63) is 46.5 Å². The highest BCUT2D eigenvalue weighted by Crippen LogP contribution is 2.39. The second kappa shape index (κ2) is 11.4. The van der Waals surface area contributed by atoms with Gasteiger partial charge in [-0.25, -0.2) is 14.4 Å². The monoisotopic (exact) mass is 552 g/mol. The van der Waals surface area contributed by atoms with Gasteiger partial charge in [0.15, 0.2) is 16.5 Å². The average molecular weight is 553 g/mol. The van der Waals surface area contributed by atoms with Gasteiger partial charge in [0.05, 0.1) is 37.6 Å². The van der Waals surface area contributed by atoms with Crippen molar-refractivity contribution in [2.24, 2.45) is 5.73 Å². The van der Waals surface area contributed by atoms with Gasteiger partial charge in [-0.3, -0.25) is 4.79 Å². The summed E-state index contributed by atoms with van der Waals surface area (Å²) in [5.74, 6) is 1.25. The molecule has 39 heavy (non-hydrogen) atoms. The third-order valence-corrected chi connectivity index (χ3v) is 7.13. The number of nitrogens with zero attached hydrogens (tertiary/aromatic N) is 5. The topological polar surface area (TPSA) is 116 Å². The first kappa shape index (κ1) is 26.6. The predicted molar refractivity (Wildman–Crippen MR) is 149 cm³/mol. The standard InChI is InChI=1S/C27H29FN6O4S/c1-4-37-22-13-18-20(14-23(22)38-5-2)31-27(34-8-10-36-11-9-34)32-25(18)33(3)16-6-7-19(28)17(12-16)21-15-39-26(30-21)24(29)35/h6-7,12-15H,4-5,8-11H2,1-3H3,(H2,29,35). The third-order valence-electron chi connectivity index (χ3n) is 6.27. The summed E-state index contributed by atoms with van der Waals surface area (Å²) in [6, 6.07) is 8.46. The molecule has 4 aromatic rings. The number of carbonyl (C=O) groups is 1. The Morgan fingerprint density at radius 1 is 1.10 bits per heavy atom. The number of aromatic nitrogens is 3. The smallest absolute Gasteiger partial charge is 0.277 e. The highest BCUT2D eigenvalue weighted by Gasteiger charge is 2.22. The average Bonchev–Trinajstić information content (AvgIpc) is 3.44. The molecule has 2 N–H and O–H groups in total. The molecule has 1 aliphatic rings. The van der Waals surface area contributed by atoms with Crippen molar-refractivity contribution in [3.63, 3.8) is 0 Å². The van der Waals surface area contributed by atoms with Gasteiger partial charge in [-0.15, -0.1) is 11.3 Å². The molecule has 0 spiro atoms. The van der Waals surface area contributed by atoms with Crippen LogP contribution in [0, 0.1) is 5.82 Å². The van der Waals surface area contributed by atoms with Crippen LogP contribution >= 0.6 is 11.3 Å². The molecule has 0 saturated carbocycles. The van der Waals surface area contributed by atoms with E-state index < -0.39 is 11.7 Å². The first-order valence-electron chi connectivity index (χ1n) is 12.6. The van der Waals surface area contributed by atoms with Crippen molar-refractivity contribution in [2.45, 2.75) is 13.8 Å². The van der Waals surface area contributed by atoms with Crippen LogP contribution in [0.5, 0.6) is 11.5 Å². The number of fused-ring (bicyclic) bond motifs is 1. The molecule has 10 nitrogen and oxygen atoms in total. The van der Waals surface area contributed by atoms with Gasteiger partial charge >= 0.3 is 0 Å². The molecule has 0 atom stereocenters. The normalized spacial score (nSPS) is 13.5. The number of carbonyl (C=O) groups excluding carboxylic acids is 1.